The standard InChI is InChI=1S/C26H28N6O/c1-2-28-26(33)21-14-22-25(31-16-21)32-23(17-30-22)24(20-6-4-3-5-7-20)29-13-12-18-8-10-19(15-27)11-9-18/h3-11,14,16,23-24,29-30H,2,12-13,17H2,1H3,(H,28,33)(H,31,32)/t23-,24-/m1/s1. The summed E-state index contributed by atoms with van der Waals surface area (Å²) >= 11 is 0. The molecular weight excluding hydrogens is 412 g/mol. The molecule has 0 saturated carbocycles. The number of pyridine rings is 1. The van der Waals surface area contributed by atoms with E-state index in [4.69, 9.17) is 5.26 Å². The van der Waals surface area contributed by atoms with E-state index < -0.39 is 0 Å². The molecule has 2 atom stereocenters. The molecule has 33 heavy (non-hydrogen) atoms. The van der Waals surface area contributed by atoms with E-state index in [2.05, 4.69) is 44.5 Å². The van der Waals surface area contributed by atoms with Gasteiger partial charge in [0.1, 0.15) is 5.82 Å². The number of hydrogen-bond donors (Lipinski definition) is 4. The zero-order valence-electron chi connectivity index (χ0n) is 18.6. The molecule has 7 nitrogen and oxygen atoms in total. The second-order valence-corrected chi connectivity index (χ2v) is 8.01. The number of nitrogens with one attached hydrogen (secondary N) is 4. The lowest BCUT2D eigenvalue weighted by Crippen LogP contribution is -2.44. The van der Waals surface area contributed by atoms with Crippen LogP contribution in [0.5, 0.6) is 0 Å². The van der Waals surface area contributed by atoms with Crippen LogP contribution in [0.1, 0.15) is 40.0 Å². The first-order valence-corrected chi connectivity index (χ1v) is 11.2. The van der Waals surface area contributed by atoms with Gasteiger partial charge in [-0.2, -0.15) is 5.26 Å². The molecule has 0 fully saturated rings. The van der Waals surface area contributed by atoms with Crippen LogP contribution in [0.3, 0.4) is 0 Å². The van der Waals surface area contributed by atoms with Crippen molar-refractivity contribution in [3.63, 3.8) is 0 Å². The highest BCUT2D eigenvalue weighted by Gasteiger charge is 2.27. The summed E-state index contributed by atoms with van der Waals surface area (Å²) in [4.78, 5) is 16.6. The minimum Gasteiger partial charge on any atom is -0.380 e. The lowest BCUT2D eigenvalue weighted by molar-refractivity contribution is 0.0955. The predicted octanol–water partition coefficient (Wildman–Crippen LogP) is 3.48. The Labute approximate surface area is 194 Å². The van der Waals surface area contributed by atoms with Crippen molar-refractivity contribution in [3.8, 4) is 6.07 Å². The van der Waals surface area contributed by atoms with E-state index in [1.807, 2.05) is 55.5 Å². The van der Waals surface area contributed by atoms with E-state index in [0.29, 0.717) is 24.2 Å². The third kappa shape index (κ3) is 5.48. The molecule has 0 saturated heterocycles. The van der Waals surface area contributed by atoms with Gasteiger partial charge in [0.05, 0.1) is 35.0 Å². The average molecular weight is 441 g/mol. The molecule has 7 heteroatoms. The molecule has 1 aliphatic rings. The van der Waals surface area contributed by atoms with Crippen molar-refractivity contribution >= 4 is 17.4 Å². The number of hydrogen-bond acceptors (Lipinski definition) is 6. The average Bonchev–Trinajstić information content (AvgIpc) is 2.87. The number of carbonyl (C=O) groups is 1. The molecule has 1 amide bonds. The Bertz CT molecular complexity index is 1120. The Kier molecular flexibility index (Phi) is 7.18. The molecule has 1 aliphatic heterocycles. The highest BCUT2D eigenvalue weighted by atomic mass is 16.1. The van der Waals surface area contributed by atoms with Gasteiger partial charge in [-0.05, 0) is 49.2 Å². The predicted molar refractivity (Wildman–Crippen MR) is 130 cm³/mol. The van der Waals surface area contributed by atoms with Gasteiger partial charge in [-0.3, -0.25) is 4.79 Å². The van der Waals surface area contributed by atoms with Crippen LogP contribution >= 0.6 is 0 Å². The molecule has 2 heterocycles. The minimum atomic E-state index is -0.122. The number of nitrogens with zero attached hydrogens (tertiary/aromatic N) is 2. The van der Waals surface area contributed by atoms with Crippen molar-refractivity contribution < 1.29 is 4.79 Å². The molecule has 2 aromatic carbocycles. The Morgan fingerprint density at radius 2 is 2.00 bits per heavy atom. The normalized spacial score (nSPS) is 15.3. The van der Waals surface area contributed by atoms with Crippen molar-refractivity contribution in [1.82, 2.24) is 15.6 Å². The lowest BCUT2D eigenvalue weighted by atomic mass is 9.97. The molecule has 0 bridgehead atoms. The van der Waals surface area contributed by atoms with Crippen molar-refractivity contribution in [1.29, 1.82) is 5.26 Å². The van der Waals surface area contributed by atoms with E-state index in [0.717, 1.165) is 24.5 Å². The van der Waals surface area contributed by atoms with Crippen LogP contribution in [0.4, 0.5) is 11.5 Å². The van der Waals surface area contributed by atoms with E-state index in [1.165, 1.54) is 11.1 Å². The van der Waals surface area contributed by atoms with E-state index in [-0.39, 0.29) is 18.0 Å². The zero-order valence-corrected chi connectivity index (χ0v) is 18.6. The molecule has 168 valence electrons. The number of aromatic nitrogens is 1. The topological polar surface area (TPSA) is 102 Å². The maximum absolute atomic E-state index is 12.1. The quantitative estimate of drug-likeness (QED) is 0.428. The summed E-state index contributed by atoms with van der Waals surface area (Å²) in [5.41, 5.74) is 4.43. The van der Waals surface area contributed by atoms with Crippen molar-refractivity contribution in [3.05, 3.63) is 89.1 Å². The Balaban J connectivity index is 1.46. The number of fused-ring (bicyclic) bond motifs is 1. The molecule has 4 rings (SSSR count). The third-order valence-corrected chi connectivity index (χ3v) is 5.74. The first-order valence-electron chi connectivity index (χ1n) is 11.2. The van der Waals surface area contributed by atoms with Crippen molar-refractivity contribution in [2.75, 3.05) is 30.3 Å². The largest absolute Gasteiger partial charge is 0.380 e. The van der Waals surface area contributed by atoms with Crippen molar-refractivity contribution in [2.45, 2.75) is 25.4 Å². The minimum absolute atomic E-state index is 0.0649. The number of benzene rings is 2. The molecular formula is C26H28N6O. The van der Waals surface area contributed by atoms with Gasteiger partial charge in [0.2, 0.25) is 0 Å². The molecule has 4 N–H and O–H groups in total. The molecule has 0 spiro atoms. The van der Waals surface area contributed by atoms with Crippen LogP contribution in [0.2, 0.25) is 0 Å². The van der Waals surface area contributed by atoms with Gasteiger partial charge in [0, 0.05) is 19.3 Å². The number of amides is 1. The monoisotopic (exact) mass is 440 g/mol. The zero-order chi connectivity index (χ0) is 23.0. The number of anilines is 2. The summed E-state index contributed by atoms with van der Waals surface area (Å²) in [6.07, 6.45) is 2.47. The SMILES string of the molecule is CCNC(=O)c1cnc2c(c1)NC[C@H]([C@H](NCCc1ccc(C#N)cc1)c1ccccc1)N2. The van der Waals surface area contributed by atoms with E-state index in [1.54, 1.807) is 6.20 Å². The second kappa shape index (κ2) is 10.6. The molecule has 0 aliphatic carbocycles. The molecule has 0 radical (unpaired) electrons. The van der Waals surface area contributed by atoms with E-state index >= 15 is 0 Å². The number of nitriles is 1. The van der Waals surface area contributed by atoms with E-state index in [9.17, 15) is 4.79 Å². The first-order chi connectivity index (χ1) is 16.2. The summed E-state index contributed by atoms with van der Waals surface area (Å²) in [5, 5.41) is 22.5. The summed E-state index contributed by atoms with van der Waals surface area (Å²) in [7, 11) is 0. The van der Waals surface area contributed by atoms with Crippen LogP contribution in [0, 0.1) is 11.3 Å². The Morgan fingerprint density at radius 3 is 2.73 bits per heavy atom. The number of rotatable bonds is 8. The fourth-order valence-corrected chi connectivity index (χ4v) is 4.02. The highest BCUT2D eigenvalue weighted by Crippen LogP contribution is 2.29. The fourth-order valence-electron chi connectivity index (χ4n) is 4.02. The fraction of sp³-hybridized carbons (Fsp3) is 0.269. The summed E-state index contributed by atoms with van der Waals surface area (Å²) in [6.45, 7) is 3.96. The van der Waals surface area contributed by atoms with Crippen LogP contribution < -0.4 is 21.3 Å². The maximum Gasteiger partial charge on any atom is 0.252 e. The molecule has 1 aromatic heterocycles. The van der Waals surface area contributed by atoms with Gasteiger partial charge in [-0.15, -0.1) is 0 Å². The summed E-state index contributed by atoms with van der Waals surface area (Å²) in [6, 6.07) is 22.2. The van der Waals surface area contributed by atoms with Crippen molar-refractivity contribution in [2.24, 2.45) is 0 Å². The lowest BCUT2D eigenvalue weighted by Gasteiger charge is -2.34. The maximum atomic E-state index is 12.1. The van der Waals surface area contributed by atoms with Gasteiger partial charge < -0.3 is 21.3 Å². The van der Waals surface area contributed by atoms with Crippen LogP contribution in [-0.2, 0) is 6.42 Å². The van der Waals surface area contributed by atoms with Gasteiger partial charge >= 0.3 is 0 Å². The third-order valence-electron chi connectivity index (χ3n) is 5.74. The van der Waals surface area contributed by atoms with Gasteiger partial charge in [-0.25, -0.2) is 4.98 Å². The summed E-state index contributed by atoms with van der Waals surface area (Å²) < 4.78 is 0. The number of carbonyl (C=O) groups excluding carboxylic acids is 1. The Hall–Kier alpha value is -3.89. The van der Waals surface area contributed by atoms with Crippen LogP contribution in [-0.4, -0.2) is 36.6 Å². The van der Waals surface area contributed by atoms with Gasteiger partial charge in [0.15, 0.2) is 0 Å². The Morgan fingerprint density at radius 1 is 1.21 bits per heavy atom. The second-order valence-electron chi connectivity index (χ2n) is 8.01. The molecule has 0 unspecified atom stereocenters. The smallest absolute Gasteiger partial charge is 0.252 e. The van der Waals surface area contributed by atoms with Gasteiger partial charge in [0.25, 0.3) is 5.91 Å². The van der Waals surface area contributed by atoms with Crippen LogP contribution in [0.15, 0.2) is 66.9 Å². The van der Waals surface area contributed by atoms with Gasteiger partial charge in [-0.1, -0.05) is 42.5 Å². The van der Waals surface area contributed by atoms with Crippen LogP contribution in [0.25, 0.3) is 0 Å². The summed E-state index contributed by atoms with van der Waals surface area (Å²) in [5.74, 6) is 0.623. The first kappa shape index (κ1) is 22.3. The highest BCUT2D eigenvalue weighted by molar-refractivity contribution is 5.95. The molecule has 3 aromatic rings.